The van der Waals surface area contributed by atoms with Crippen molar-refractivity contribution >= 4 is 22.9 Å². The first-order valence-electron chi connectivity index (χ1n) is 7.92. The predicted molar refractivity (Wildman–Crippen MR) is 93.0 cm³/mol. The van der Waals surface area contributed by atoms with Gasteiger partial charge in [0.15, 0.2) is 0 Å². The number of nitrogens with two attached hydrogens (primary N) is 1. The number of likely N-dealkylation sites (tertiary alicyclic amines) is 1. The maximum absolute atomic E-state index is 5.76. The van der Waals surface area contributed by atoms with Gasteiger partial charge in [-0.25, -0.2) is 0 Å². The fourth-order valence-corrected chi connectivity index (χ4v) is 4.24. The molecule has 2 heterocycles. The molecule has 4 heteroatoms. The smallest absolute Gasteiger partial charge is 0.104 e. The molecule has 1 aromatic rings. The van der Waals surface area contributed by atoms with Gasteiger partial charge in [0, 0.05) is 30.4 Å². The summed E-state index contributed by atoms with van der Waals surface area (Å²) in [7, 11) is 2.29. The fraction of sp³-hybridized carbons (Fsp3) is 0.588. The summed E-state index contributed by atoms with van der Waals surface area (Å²) in [5.41, 5.74) is 9.26. The number of aryl methyl sites for hydroxylation is 1. The second kappa shape index (κ2) is 5.93. The minimum Gasteiger partial charge on any atom is -0.389 e. The minimum atomic E-state index is 0.492. The third-order valence-electron chi connectivity index (χ3n) is 5.19. The molecule has 2 fully saturated rings. The van der Waals surface area contributed by atoms with Crippen molar-refractivity contribution in [1.29, 1.82) is 0 Å². The van der Waals surface area contributed by atoms with Crippen molar-refractivity contribution in [1.82, 2.24) is 4.90 Å². The largest absolute Gasteiger partial charge is 0.389 e. The van der Waals surface area contributed by atoms with E-state index in [0.717, 1.165) is 24.1 Å². The molecule has 1 aromatic carbocycles. The summed E-state index contributed by atoms with van der Waals surface area (Å²) in [4.78, 5) is 5.59. The number of thiocarbonyl (C=S) groups is 1. The van der Waals surface area contributed by atoms with E-state index in [1.807, 2.05) is 0 Å². The van der Waals surface area contributed by atoms with Crippen molar-refractivity contribution in [3.63, 3.8) is 0 Å². The summed E-state index contributed by atoms with van der Waals surface area (Å²) < 4.78 is 0. The molecule has 0 radical (unpaired) electrons. The zero-order valence-electron chi connectivity index (χ0n) is 13.0. The van der Waals surface area contributed by atoms with Crippen LogP contribution >= 0.6 is 12.2 Å². The van der Waals surface area contributed by atoms with Gasteiger partial charge in [0.05, 0.1) is 0 Å². The molecular formula is C17H25N3S. The number of anilines is 1. The number of rotatable bonds is 2. The van der Waals surface area contributed by atoms with E-state index in [2.05, 4.69) is 42.0 Å². The van der Waals surface area contributed by atoms with Gasteiger partial charge in [-0.1, -0.05) is 12.2 Å². The molecule has 2 unspecified atom stereocenters. The third-order valence-corrected chi connectivity index (χ3v) is 5.41. The molecule has 3 nitrogen and oxygen atoms in total. The van der Waals surface area contributed by atoms with Crippen LogP contribution in [0.2, 0.25) is 0 Å². The summed E-state index contributed by atoms with van der Waals surface area (Å²) in [5.74, 6) is 0.813. The van der Waals surface area contributed by atoms with E-state index in [4.69, 9.17) is 18.0 Å². The van der Waals surface area contributed by atoms with Gasteiger partial charge < -0.3 is 15.5 Å². The van der Waals surface area contributed by atoms with Crippen molar-refractivity contribution in [3.05, 3.63) is 29.3 Å². The summed E-state index contributed by atoms with van der Waals surface area (Å²) in [5, 5.41) is 0. The van der Waals surface area contributed by atoms with E-state index < -0.39 is 0 Å². The quantitative estimate of drug-likeness (QED) is 0.851. The van der Waals surface area contributed by atoms with Crippen molar-refractivity contribution in [3.8, 4) is 0 Å². The maximum Gasteiger partial charge on any atom is 0.104 e. The lowest BCUT2D eigenvalue weighted by molar-refractivity contribution is 0.102. The molecule has 21 heavy (non-hydrogen) atoms. The molecule has 0 bridgehead atoms. The lowest BCUT2D eigenvalue weighted by atomic mass is 9.84. The molecule has 0 aliphatic carbocycles. The Morgan fingerprint density at radius 2 is 2.10 bits per heavy atom. The molecule has 0 spiro atoms. The van der Waals surface area contributed by atoms with Gasteiger partial charge in [0.2, 0.25) is 0 Å². The summed E-state index contributed by atoms with van der Waals surface area (Å²) >= 11 is 5.10. The van der Waals surface area contributed by atoms with E-state index in [-0.39, 0.29) is 0 Å². The fourth-order valence-electron chi connectivity index (χ4n) is 4.01. The predicted octanol–water partition coefficient (Wildman–Crippen LogP) is 2.55. The number of hydrogen-bond acceptors (Lipinski definition) is 3. The average Bonchev–Trinajstić information content (AvgIpc) is 2.46. The third kappa shape index (κ3) is 2.92. The molecule has 2 aliphatic rings. The van der Waals surface area contributed by atoms with E-state index in [1.165, 1.54) is 43.6 Å². The van der Waals surface area contributed by atoms with Gasteiger partial charge in [0.1, 0.15) is 4.99 Å². The Kier molecular flexibility index (Phi) is 4.18. The first kappa shape index (κ1) is 14.8. The SMILES string of the molecule is Cc1cc(N2CCC3C(CCCN3C)C2)ccc1C(N)=S. The molecule has 2 atom stereocenters. The molecule has 2 N–H and O–H groups in total. The highest BCUT2D eigenvalue weighted by Gasteiger charge is 2.34. The first-order chi connectivity index (χ1) is 10.1. The van der Waals surface area contributed by atoms with Crippen LogP contribution in [-0.4, -0.2) is 42.6 Å². The van der Waals surface area contributed by atoms with E-state index in [9.17, 15) is 0 Å². The van der Waals surface area contributed by atoms with Crippen LogP contribution in [0.25, 0.3) is 0 Å². The lowest BCUT2D eigenvalue weighted by Crippen LogP contribution is -2.52. The topological polar surface area (TPSA) is 32.5 Å². The highest BCUT2D eigenvalue weighted by atomic mass is 32.1. The lowest BCUT2D eigenvalue weighted by Gasteiger charge is -2.46. The summed E-state index contributed by atoms with van der Waals surface area (Å²) in [6.07, 6.45) is 3.98. The van der Waals surface area contributed by atoms with Gasteiger partial charge in [0.25, 0.3) is 0 Å². The Morgan fingerprint density at radius 1 is 1.29 bits per heavy atom. The van der Waals surface area contributed by atoms with Gasteiger partial charge >= 0.3 is 0 Å². The monoisotopic (exact) mass is 303 g/mol. The average molecular weight is 303 g/mol. The van der Waals surface area contributed by atoms with Crippen LogP contribution in [0, 0.1) is 12.8 Å². The highest BCUT2D eigenvalue weighted by molar-refractivity contribution is 7.80. The molecule has 2 aliphatic heterocycles. The minimum absolute atomic E-state index is 0.492. The zero-order valence-corrected chi connectivity index (χ0v) is 13.8. The van der Waals surface area contributed by atoms with Crippen molar-refractivity contribution in [2.45, 2.75) is 32.2 Å². The first-order valence-corrected chi connectivity index (χ1v) is 8.32. The molecule has 0 saturated carbocycles. The molecular weight excluding hydrogens is 278 g/mol. The van der Waals surface area contributed by atoms with Gasteiger partial charge in [-0.2, -0.15) is 0 Å². The molecule has 3 rings (SSSR count). The van der Waals surface area contributed by atoms with Crippen LogP contribution in [0.4, 0.5) is 5.69 Å². The van der Waals surface area contributed by atoms with Gasteiger partial charge in [-0.3, -0.25) is 0 Å². The molecule has 2 saturated heterocycles. The van der Waals surface area contributed by atoms with Crippen LogP contribution < -0.4 is 10.6 Å². The Bertz CT molecular complexity index is 543. The van der Waals surface area contributed by atoms with Crippen molar-refractivity contribution in [2.24, 2.45) is 11.7 Å². The van der Waals surface area contributed by atoms with Crippen LogP contribution in [0.3, 0.4) is 0 Å². The van der Waals surface area contributed by atoms with Gasteiger partial charge in [-0.15, -0.1) is 0 Å². The second-order valence-corrected chi connectivity index (χ2v) is 6.99. The van der Waals surface area contributed by atoms with Gasteiger partial charge in [-0.05, 0) is 69.5 Å². The number of nitrogens with zero attached hydrogens (tertiary/aromatic N) is 2. The number of benzene rings is 1. The zero-order chi connectivity index (χ0) is 15.0. The number of piperidine rings is 2. The Labute approximate surface area is 133 Å². The van der Waals surface area contributed by atoms with Crippen LogP contribution in [0.15, 0.2) is 18.2 Å². The Balaban J connectivity index is 1.76. The standard InChI is InChI=1S/C17H25N3S/c1-12-10-14(5-6-15(12)17(18)21)20-9-7-16-13(11-20)4-3-8-19(16)2/h5-6,10,13,16H,3-4,7-9,11H2,1-2H3,(H2,18,21). The molecule has 0 aromatic heterocycles. The van der Waals surface area contributed by atoms with Crippen molar-refractivity contribution in [2.75, 3.05) is 31.6 Å². The summed E-state index contributed by atoms with van der Waals surface area (Å²) in [6, 6.07) is 7.27. The molecule has 114 valence electrons. The number of fused-ring (bicyclic) bond motifs is 1. The van der Waals surface area contributed by atoms with Crippen LogP contribution in [-0.2, 0) is 0 Å². The van der Waals surface area contributed by atoms with Crippen LogP contribution in [0.5, 0.6) is 0 Å². The summed E-state index contributed by atoms with van der Waals surface area (Å²) in [6.45, 7) is 5.69. The van der Waals surface area contributed by atoms with E-state index in [0.29, 0.717) is 4.99 Å². The molecule has 0 amide bonds. The Hall–Kier alpha value is -1.13. The van der Waals surface area contributed by atoms with E-state index >= 15 is 0 Å². The highest BCUT2D eigenvalue weighted by Crippen LogP contribution is 2.32. The Morgan fingerprint density at radius 3 is 2.81 bits per heavy atom. The second-order valence-electron chi connectivity index (χ2n) is 6.55. The van der Waals surface area contributed by atoms with Crippen LogP contribution in [0.1, 0.15) is 30.4 Å². The van der Waals surface area contributed by atoms with E-state index in [1.54, 1.807) is 0 Å². The normalized spacial score (nSPS) is 26.5. The maximum atomic E-state index is 5.76. The number of hydrogen-bond donors (Lipinski definition) is 1. The van der Waals surface area contributed by atoms with Crippen molar-refractivity contribution < 1.29 is 0 Å².